The van der Waals surface area contributed by atoms with Crippen LogP contribution in [0, 0.1) is 5.92 Å². The third kappa shape index (κ3) is 3.33. The zero-order valence-electron chi connectivity index (χ0n) is 11.8. The van der Waals surface area contributed by atoms with Crippen LogP contribution in [0.15, 0.2) is 41.3 Å². The zero-order chi connectivity index (χ0) is 14.5. The number of amides is 1. The number of nitrogens with zero attached hydrogens (tertiary/aromatic N) is 2. The first kappa shape index (κ1) is 13.9. The number of carbonyl (C=O) groups excluding carboxylic acids is 1. The van der Waals surface area contributed by atoms with E-state index in [-0.39, 0.29) is 17.9 Å². The fraction of sp³-hybridized carbons (Fsp3) is 0.467. The Balaban J connectivity index is 1.64. The first-order chi connectivity index (χ1) is 10.3. The van der Waals surface area contributed by atoms with Gasteiger partial charge in [0.25, 0.3) is 0 Å². The molecule has 1 aliphatic heterocycles. The summed E-state index contributed by atoms with van der Waals surface area (Å²) in [6.07, 6.45) is 6.80. The van der Waals surface area contributed by atoms with Crippen molar-refractivity contribution in [1.29, 1.82) is 0 Å². The number of carbonyl (C=O) groups is 1. The summed E-state index contributed by atoms with van der Waals surface area (Å²) in [5.41, 5.74) is 0. The fourth-order valence-corrected chi connectivity index (χ4v) is 2.57. The standard InChI is InChI=1S/C15H19N3O3/c19-15(12-4-9-20-10-5-12)16-11-13(14-3-1-8-21-14)18-7-2-6-17-18/h1-3,6-8,12-13H,4-5,9-11H2,(H,16,19)/t13-/m1/s1. The average Bonchev–Trinajstić information content (AvgIpc) is 3.22. The van der Waals surface area contributed by atoms with Crippen molar-refractivity contribution in [3.63, 3.8) is 0 Å². The van der Waals surface area contributed by atoms with Crippen molar-refractivity contribution in [1.82, 2.24) is 15.1 Å². The van der Waals surface area contributed by atoms with E-state index in [4.69, 9.17) is 9.15 Å². The summed E-state index contributed by atoms with van der Waals surface area (Å²) in [7, 11) is 0. The predicted molar refractivity (Wildman–Crippen MR) is 75.6 cm³/mol. The van der Waals surface area contributed by atoms with Crippen molar-refractivity contribution in [2.24, 2.45) is 5.92 Å². The maximum Gasteiger partial charge on any atom is 0.223 e. The molecule has 1 N–H and O–H groups in total. The third-order valence-corrected chi connectivity index (χ3v) is 3.78. The third-order valence-electron chi connectivity index (χ3n) is 3.78. The summed E-state index contributed by atoms with van der Waals surface area (Å²) in [6.45, 7) is 1.79. The summed E-state index contributed by atoms with van der Waals surface area (Å²) in [6, 6.07) is 5.47. The van der Waals surface area contributed by atoms with E-state index in [2.05, 4.69) is 10.4 Å². The Kier molecular flexibility index (Phi) is 4.35. The highest BCUT2D eigenvalue weighted by atomic mass is 16.5. The molecule has 1 amide bonds. The maximum atomic E-state index is 12.2. The van der Waals surface area contributed by atoms with Crippen molar-refractivity contribution < 1.29 is 13.9 Å². The molecular weight excluding hydrogens is 270 g/mol. The van der Waals surface area contributed by atoms with Crippen LogP contribution in [0.2, 0.25) is 0 Å². The summed E-state index contributed by atoms with van der Waals surface area (Å²) in [4.78, 5) is 12.2. The number of furan rings is 1. The van der Waals surface area contributed by atoms with Gasteiger partial charge in [0.05, 0.1) is 6.26 Å². The topological polar surface area (TPSA) is 69.3 Å². The lowest BCUT2D eigenvalue weighted by molar-refractivity contribution is -0.127. The molecule has 0 unspecified atom stereocenters. The van der Waals surface area contributed by atoms with Crippen LogP contribution in [-0.2, 0) is 9.53 Å². The number of hydrogen-bond acceptors (Lipinski definition) is 4. The van der Waals surface area contributed by atoms with Crippen molar-refractivity contribution in [3.05, 3.63) is 42.6 Å². The van der Waals surface area contributed by atoms with Crippen LogP contribution in [0.1, 0.15) is 24.6 Å². The molecule has 2 aromatic rings. The second kappa shape index (κ2) is 6.58. The molecule has 2 aromatic heterocycles. The Hall–Kier alpha value is -2.08. The van der Waals surface area contributed by atoms with Gasteiger partial charge in [-0.2, -0.15) is 5.10 Å². The van der Waals surface area contributed by atoms with Gasteiger partial charge in [0.1, 0.15) is 11.8 Å². The zero-order valence-corrected chi connectivity index (χ0v) is 11.8. The Labute approximate surface area is 123 Å². The molecule has 3 heterocycles. The summed E-state index contributed by atoms with van der Waals surface area (Å²) in [5.74, 6) is 0.918. The van der Waals surface area contributed by atoms with Crippen LogP contribution < -0.4 is 5.32 Å². The Morgan fingerprint density at radius 2 is 2.29 bits per heavy atom. The van der Waals surface area contributed by atoms with E-state index in [1.54, 1.807) is 17.1 Å². The average molecular weight is 289 g/mol. The molecule has 1 aliphatic rings. The molecule has 21 heavy (non-hydrogen) atoms. The number of aromatic nitrogens is 2. The molecule has 1 fully saturated rings. The molecular formula is C15H19N3O3. The van der Waals surface area contributed by atoms with Gasteiger partial charge < -0.3 is 14.5 Å². The molecule has 0 bridgehead atoms. The van der Waals surface area contributed by atoms with Crippen LogP contribution >= 0.6 is 0 Å². The minimum atomic E-state index is -0.126. The molecule has 3 rings (SSSR count). The van der Waals surface area contributed by atoms with Crippen molar-refractivity contribution >= 4 is 5.91 Å². The van der Waals surface area contributed by atoms with Gasteiger partial charge in [-0.05, 0) is 31.0 Å². The molecule has 0 spiro atoms. The lowest BCUT2D eigenvalue weighted by Gasteiger charge is -2.23. The molecule has 6 nitrogen and oxygen atoms in total. The van der Waals surface area contributed by atoms with E-state index >= 15 is 0 Å². The van der Waals surface area contributed by atoms with E-state index in [0.717, 1.165) is 18.6 Å². The highest BCUT2D eigenvalue weighted by molar-refractivity contribution is 5.78. The van der Waals surface area contributed by atoms with E-state index < -0.39 is 0 Å². The maximum absolute atomic E-state index is 12.2. The normalized spacial score (nSPS) is 17.5. The molecule has 0 aromatic carbocycles. The fourth-order valence-electron chi connectivity index (χ4n) is 2.57. The van der Waals surface area contributed by atoms with Gasteiger partial charge >= 0.3 is 0 Å². The molecule has 6 heteroatoms. The SMILES string of the molecule is O=C(NC[C@H](c1ccco1)n1cccn1)C1CCOCC1. The van der Waals surface area contributed by atoms with Gasteiger partial charge in [-0.15, -0.1) is 0 Å². The number of hydrogen-bond donors (Lipinski definition) is 1. The van der Waals surface area contributed by atoms with Crippen LogP contribution in [-0.4, -0.2) is 35.4 Å². The van der Waals surface area contributed by atoms with Crippen molar-refractivity contribution in [3.8, 4) is 0 Å². The van der Waals surface area contributed by atoms with Gasteiger partial charge in [-0.25, -0.2) is 0 Å². The number of rotatable bonds is 5. The van der Waals surface area contributed by atoms with E-state index in [1.165, 1.54) is 0 Å². The quantitative estimate of drug-likeness (QED) is 0.908. The minimum Gasteiger partial charge on any atom is -0.467 e. The van der Waals surface area contributed by atoms with Gasteiger partial charge in [0.15, 0.2) is 0 Å². The van der Waals surface area contributed by atoms with Crippen molar-refractivity contribution in [2.75, 3.05) is 19.8 Å². The first-order valence-electron chi connectivity index (χ1n) is 7.22. The van der Waals surface area contributed by atoms with Crippen LogP contribution in [0.4, 0.5) is 0 Å². The monoisotopic (exact) mass is 289 g/mol. The smallest absolute Gasteiger partial charge is 0.223 e. The van der Waals surface area contributed by atoms with E-state index in [1.807, 2.05) is 24.4 Å². The molecule has 0 aliphatic carbocycles. The van der Waals surface area contributed by atoms with Gasteiger partial charge in [0.2, 0.25) is 5.91 Å². The highest BCUT2D eigenvalue weighted by Crippen LogP contribution is 2.19. The second-order valence-corrected chi connectivity index (χ2v) is 5.15. The Bertz CT molecular complexity index is 510. The van der Waals surface area contributed by atoms with Gasteiger partial charge in [-0.1, -0.05) is 0 Å². The molecule has 1 atom stereocenters. The molecule has 112 valence electrons. The number of ether oxygens (including phenoxy) is 1. The molecule has 0 radical (unpaired) electrons. The van der Waals surface area contributed by atoms with E-state index in [9.17, 15) is 4.79 Å². The Morgan fingerprint density at radius 3 is 2.95 bits per heavy atom. The first-order valence-corrected chi connectivity index (χ1v) is 7.22. The number of nitrogens with one attached hydrogen (secondary N) is 1. The van der Waals surface area contributed by atoms with Crippen molar-refractivity contribution in [2.45, 2.75) is 18.9 Å². The summed E-state index contributed by atoms with van der Waals surface area (Å²) in [5, 5.41) is 7.26. The second-order valence-electron chi connectivity index (χ2n) is 5.15. The Morgan fingerprint density at radius 1 is 1.43 bits per heavy atom. The van der Waals surface area contributed by atoms with Crippen LogP contribution in [0.3, 0.4) is 0 Å². The minimum absolute atomic E-state index is 0.0497. The van der Waals surface area contributed by atoms with Gasteiger partial charge in [-0.3, -0.25) is 9.48 Å². The summed E-state index contributed by atoms with van der Waals surface area (Å²) < 4.78 is 12.5. The molecule has 0 saturated carbocycles. The highest BCUT2D eigenvalue weighted by Gasteiger charge is 2.24. The lowest BCUT2D eigenvalue weighted by atomic mass is 9.99. The van der Waals surface area contributed by atoms with Crippen LogP contribution in [0.5, 0.6) is 0 Å². The van der Waals surface area contributed by atoms with Gasteiger partial charge in [0, 0.05) is 38.1 Å². The van der Waals surface area contributed by atoms with E-state index in [0.29, 0.717) is 19.8 Å². The largest absolute Gasteiger partial charge is 0.467 e. The lowest BCUT2D eigenvalue weighted by Crippen LogP contribution is -2.37. The summed E-state index contributed by atoms with van der Waals surface area (Å²) >= 11 is 0. The predicted octanol–water partition coefficient (Wildman–Crippen LogP) is 1.61. The van der Waals surface area contributed by atoms with Crippen LogP contribution in [0.25, 0.3) is 0 Å². The molecule has 1 saturated heterocycles.